The number of alkyl halides is 4. The summed E-state index contributed by atoms with van der Waals surface area (Å²) in [5.74, 6) is 0. The summed E-state index contributed by atoms with van der Waals surface area (Å²) in [7, 11) is 0. The molecular weight excluding hydrogens is 234 g/mol. The second-order valence-electron chi connectivity index (χ2n) is 5.00. The highest BCUT2D eigenvalue weighted by molar-refractivity contribution is 5.33. The molecule has 1 fully saturated rings. The van der Waals surface area contributed by atoms with E-state index in [0.717, 1.165) is 12.1 Å². The van der Waals surface area contributed by atoms with Gasteiger partial charge in [-0.3, -0.25) is 0 Å². The van der Waals surface area contributed by atoms with E-state index >= 15 is 0 Å². The minimum Gasteiger partial charge on any atom is -0.321 e. The third kappa shape index (κ3) is 2.29. The molecule has 94 valence electrons. The molecule has 1 aromatic rings. The topological polar surface area (TPSA) is 26.0 Å². The molecule has 0 amide bonds. The summed E-state index contributed by atoms with van der Waals surface area (Å²) in [6.45, 7) is 1.45. The van der Waals surface area contributed by atoms with E-state index < -0.39 is 22.9 Å². The Labute approximate surface area is 96.6 Å². The van der Waals surface area contributed by atoms with E-state index in [0.29, 0.717) is 5.56 Å². The average Bonchev–Trinajstić information content (AvgIpc) is 2.13. The maximum Gasteiger partial charge on any atom is 0.416 e. The minimum absolute atomic E-state index is 0.144. The van der Waals surface area contributed by atoms with Gasteiger partial charge in [0, 0.05) is 18.4 Å². The maximum absolute atomic E-state index is 13.4. The Hall–Kier alpha value is -1.10. The lowest BCUT2D eigenvalue weighted by atomic mass is 9.64. The first-order valence-corrected chi connectivity index (χ1v) is 5.28. The number of hydrogen-bond acceptors (Lipinski definition) is 1. The first-order chi connectivity index (χ1) is 7.62. The monoisotopic (exact) mass is 247 g/mol. The van der Waals surface area contributed by atoms with Crippen LogP contribution in [0.4, 0.5) is 17.6 Å². The molecule has 2 rings (SSSR count). The Morgan fingerprint density at radius 2 is 1.59 bits per heavy atom. The van der Waals surface area contributed by atoms with E-state index in [1.165, 1.54) is 19.1 Å². The Morgan fingerprint density at radius 1 is 1.12 bits per heavy atom. The number of benzene rings is 1. The van der Waals surface area contributed by atoms with Crippen LogP contribution in [0.3, 0.4) is 0 Å². The summed E-state index contributed by atoms with van der Waals surface area (Å²) in [5.41, 5.74) is 3.64. The number of nitrogens with two attached hydrogens (primary N) is 1. The SMILES string of the molecule is CC1(F)CC(N)(c2ccc(C(F)(F)F)cc2)C1. The fourth-order valence-corrected chi connectivity index (χ4v) is 2.46. The van der Waals surface area contributed by atoms with E-state index in [1.807, 2.05) is 0 Å². The van der Waals surface area contributed by atoms with E-state index in [9.17, 15) is 17.6 Å². The minimum atomic E-state index is -4.35. The van der Waals surface area contributed by atoms with Crippen LogP contribution in [0.25, 0.3) is 0 Å². The van der Waals surface area contributed by atoms with Gasteiger partial charge in [-0.2, -0.15) is 13.2 Å². The lowest BCUT2D eigenvalue weighted by Gasteiger charge is -2.48. The van der Waals surface area contributed by atoms with Crippen LogP contribution in [-0.4, -0.2) is 5.67 Å². The van der Waals surface area contributed by atoms with Gasteiger partial charge < -0.3 is 5.73 Å². The van der Waals surface area contributed by atoms with Crippen LogP contribution in [0.1, 0.15) is 30.9 Å². The molecule has 1 saturated carbocycles. The number of rotatable bonds is 1. The van der Waals surface area contributed by atoms with Crippen molar-refractivity contribution in [2.45, 2.75) is 37.1 Å². The van der Waals surface area contributed by atoms with E-state index in [4.69, 9.17) is 5.73 Å². The van der Waals surface area contributed by atoms with Crippen LogP contribution in [0.2, 0.25) is 0 Å². The zero-order valence-corrected chi connectivity index (χ0v) is 9.31. The predicted molar refractivity (Wildman–Crippen MR) is 56.1 cm³/mol. The van der Waals surface area contributed by atoms with Crippen LogP contribution < -0.4 is 5.73 Å². The lowest BCUT2D eigenvalue weighted by molar-refractivity contribution is -0.137. The zero-order chi connectivity index (χ0) is 12.9. The maximum atomic E-state index is 13.4. The Balaban J connectivity index is 2.20. The molecule has 2 N–H and O–H groups in total. The summed E-state index contributed by atoms with van der Waals surface area (Å²) < 4.78 is 50.4. The summed E-state index contributed by atoms with van der Waals surface area (Å²) >= 11 is 0. The third-order valence-corrected chi connectivity index (χ3v) is 3.16. The quantitative estimate of drug-likeness (QED) is 0.756. The molecule has 5 heteroatoms. The molecule has 0 spiro atoms. The van der Waals surface area contributed by atoms with Crippen molar-refractivity contribution >= 4 is 0 Å². The highest BCUT2D eigenvalue weighted by atomic mass is 19.4. The van der Waals surface area contributed by atoms with Gasteiger partial charge in [0.05, 0.1) is 5.56 Å². The predicted octanol–water partition coefficient (Wildman–Crippen LogP) is 3.38. The van der Waals surface area contributed by atoms with Gasteiger partial charge in [0.15, 0.2) is 0 Å². The molecule has 0 bridgehead atoms. The summed E-state index contributed by atoms with van der Waals surface area (Å²) in [4.78, 5) is 0. The van der Waals surface area contributed by atoms with Crippen LogP contribution in [0.15, 0.2) is 24.3 Å². The van der Waals surface area contributed by atoms with E-state index in [-0.39, 0.29) is 12.8 Å². The van der Waals surface area contributed by atoms with E-state index in [1.54, 1.807) is 0 Å². The molecule has 1 aliphatic rings. The molecule has 0 atom stereocenters. The van der Waals surface area contributed by atoms with Crippen molar-refractivity contribution in [1.82, 2.24) is 0 Å². The van der Waals surface area contributed by atoms with Crippen molar-refractivity contribution < 1.29 is 17.6 Å². The Bertz CT molecular complexity index is 411. The molecule has 1 aromatic carbocycles. The molecule has 17 heavy (non-hydrogen) atoms. The van der Waals surface area contributed by atoms with Crippen molar-refractivity contribution in [3.63, 3.8) is 0 Å². The molecule has 0 heterocycles. The molecule has 0 aromatic heterocycles. The van der Waals surface area contributed by atoms with Crippen LogP contribution in [0, 0.1) is 0 Å². The molecule has 0 unspecified atom stereocenters. The lowest BCUT2D eigenvalue weighted by Crippen LogP contribution is -2.56. The van der Waals surface area contributed by atoms with Crippen LogP contribution in [0.5, 0.6) is 0 Å². The Kier molecular flexibility index (Phi) is 2.51. The fourth-order valence-electron chi connectivity index (χ4n) is 2.46. The Morgan fingerprint density at radius 3 is 1.94 bits per heavy atom. The van der Waals surface area contributed by atoms with Crippen molar-refractivity contribution in [3.8, 4) is 0 Å². The highest BCUT2D eigenvalue weighted by Gasteiger charge is 2.51. The smallest absolute Gasteiger partial charge is 0.321 e. The van der Waals surface area contributed by atoms with Gasteiger partial charge in [0.1, 0.15) is 5.67 Å². The summed E-state index contributed by atoms with van der Waals surface area (Å²) in [6, 6.07) is 4.63. The molecule has 0 radical (unpaired) electrons. The van der Waals surface area contributed by atoms with Gasteiger partial charge in [-0.25, -0.2) is 4.39 Å². The van der Waals surface area contributed by atoms with Gasteiger partial charge in [-0.05, 0) is 24.6 Å². The average molecular weight is 247 g/mol. The van der Waals surface area contributed by atoms with Gasteiger partial charge >= 0.3 is 6.18 Å². The second-order valence-corrected chi connectivity index (χ2v) is 5.00. The first kappa shape index (κ1) is 12.4. The van der Waals surface area contributed by atoms with Crippen molar-refractivity contribution in [2.24, 2.45) is 5.73 Å². The fraction of sp³-hybridized carbons (Fsp3) is 0.500. The van der Waals surface area contributed by atoms with Crippen LogP contribution in [-0.2, 0) is 11.7 Å². The molecular formula is C12H13F4N. The highest BCUT2D eigenvalue weighted by Crippen LogP contribution is 2.48. The first-order valence-electron chi connectivity index (χ1n) is 5.28. The molecule has 1 nitrogen and oxygen atoms in total. The van der Waals surface area contributed by atoms with E-state index in [2.05, 4.69) is 0 Å². The number of halogens is 4. The van der Waals surface area contributed by atoms with Gasteiger partial charge in [0.2, 0.25) is 0 Å². The largest absolute Gasteiger partial charge is 0.416 e. The van der Waals surface area contributed by atoms with Gasteiger partial charge in [0.25, 0.3) is 0 Å². The van der Waals surface area contributed by atoms with Crippen molar-refractivity contribution in [2.75, 3.05) is 0 Å². The van der Waals surface area contributed by atoms with Crippen molar-refractivity contribution in [3.05, 3.63) is 35.4 Å². The third-order valence-electron chi connectivity index (χ3n) is 3.16. The van der Waals surface area contributed by atoms with Crippen LogP contribution >= 0.6 is 0 Å². The summed E-state index contributed by atoms with van der Waals surface area (Å²) in [5, 5.41) is 0. The molecule has 0 aliphatic heterocycles. The zero-order valence-electron chi connectivity index (χ0n) is 9.31. The normalized spacial score (nSPS) is 33.3. The molecule has 0 saturated heterocycles. The second kappa shape index (κ2) is 3.45. The van der Waals surface area contributed by atoms with Gasteiger partial charge in [-0.1, -0.05) is 12.1 Å². The number of hydrogen-bond donors (Lipinski definition) is 1. The van der Waals surface area contributed by atoms with Gasteiger partial charge in [-0.15, -0.1) is 0 Å². The standard InChI is InChI=1S/C12H13F4N/c1-10(13)6-11(17,7-10)8-2-4-9(5-3-8)12(14,15)16/h2-5H,6-7,17H2,1H3. The van der Waals surface area contributed by atoms with Crippen molar-refractivity contribution in [1.29, 1.82) is 0 Å². The summed E-state index contributed by atoms with van der Waals surface area (Å²) in [6.07, 6.45) is -4.06. The molecule has 1 aliphatic carbocycles.